The Balaban J connectivity index is 1.88. The molecule has 5 heteroatoms. The van der Waals surface area contributed by atoms with Gasteiger partial charge in [-0.2, -0.15) is 0 Å². The number of pyridine rings is 1. The lowest BCUT2D eigenvalue weighted by Crippen LogP contribution is -2.25. The second-order valence-corrected chi connectivity index (χ2v) is 5.26. The van der Waals surface area contributed by atoms with Crippen molar-refractivity contribution in [1.29, 1.82) is 0 Å². The molecule has 0 saturated carbocycles. The van der Waals surface area contributed by atoms with Gasteiger partial charge < -0.3 is 5.32 Å². The van der Waals surface area contributed by atoms with Crippen molar-refractivity contribution in [3.05, 3.63) is 63.4 Å². The molecule has 0 spiro atoms. The summed E-state index contributed by atoms with van der Waals surface area (Å²) in [5.74, 6) is -0.163. The maximum atomic E-state index is 11.9. The molecule has 0 aliphatic carbocycles. The largest absolute Gasteiger partial charge is 0.352 e. The quantitative estimate of drug-likeness (QED) is 0.936. The topological polar surface area (TPSA) is 42.0 Å². The Hall–Kier alpha value is -1.58. The van der Waals surface area contributed by atoms with E-state index in [9.17, 15) is 4.79 Å². The highest BCUT2D eigenvalue weighted by atomic mass is 35.5. The van der Waals surface area contributed by atoms with E-state index in [1.165, 1.54) is 0 Å². The molecule has 2 rings (SSSR count). The van der Waals surface area contributed by atoms with Crippen LogP contribution in [0, 0.1) is 6.92 Å². The average Bonchev–Trinajstić information content (AvgIpc) is 2.44. The number of hydrogen-bond donors (Lipinski definition) is 1. The van der Waals surface area contributed by atoms with Crippen molar-refractivity contribution in [1.82, 2.24) is 10.3 Å². The maximum Gasteiger partial charge on any atom is 0.251 e. The van der Waals surface area contributed by atoms with Gasteiger partial charge >= 0.3 is 0 Å². The SMILES string of the molecule is Cc1ccc(CCNC(=O)c2ccc(Cl)c(Cl)c2)cn1. The van der Waals surface area contributed by atoms with Gasteiger partial charge in [0.25, 0.3) is 5.91 Å². The first kappa shape index (κ1) is 14.8. The lowest BCUT2D eigenvalue weighted by molar-refractivity contribution is 0.0954. The Kier molecular flexibility index (Phi) is 4.99. The summed E-state index contributed by atoms with van der Waals surface area (Å²) < 4.78 is 0. The molecule has 1 aromatic carbocycles. The van der Waals surface area contributed by atoms with Crippen LogP contribution in [0.3, 0.4) is 0 Å². The predicted octanol–water partition coefficient (Wildman–Crippen LogP) is 3.67. The van der Waals surface area contributed by atoms with Crippen LogP contribution in [0.2, 0.25) is 10.0 Å². The molecule has 0 saturated heterocycles. The van der Waals surface area contributed by atoms with Crippen molar-refractivity contribution in [2.45, 2.75) is 13.3 Å². The third-order valence-corrected chi connectivity index (χ3v) is 3.59. The first-order chi connectivity index (χ1) is 9.56. The molecule has 3 nitrogen and oxygen atoms in total. The van der Waals surface area contributed by atoms with Gasteiger partial charge in [0.05, 0.1) is 10.0 Å². The average molecular weight is 309 g/mol. The lowest BCUT2D eigenvalue weighted by atomic mass is 10.2. The highest BCUT2D eigenvalue weighted by molar-refractivity contribution is 6.42. The number of halogens is 2. The number of carbonyl (C=O) groups is 1. The highest BCUT2D eigenvalue weighted by Crippen LogP contribution is 2.22. The zero-order valence-corrected chi connectivity index (χ0v) is 12.5. The molecule has 1 N–H and O–H groups in total. The first-order valence-corrected chi connectivity index (χ1v) is 6.96. The highest BCUT2D eigenvalue weighted by Gasteiger charge is 2.07. The summed E-state index contributed by atoms with van der Waals surface area (Å²) in [7, 11) is 0. The first-order valence-electron chi connectivity index (χ1n) is 6.21. The van der Waals surface area contributed by atoms with Gasteiger partial charge in [0.1, 0.15) is 0 Å². The minimum atomic E-state index is -0.163. The number of amides is 1. The molecule has 20 heavy (non-hydrogen) atoms. The number of aryl methyl sites for hydroxylation is 1. The normalized spacial score (nSPS) is 10.3. The van der Waals surface area contributed by atoms with E-state index < -0.39 is 0 Å². The number of nitrogens with one attached hydrogen (secondary N) is 1. The summed E-state index contributed by atoms with van der Waals surface area (Å²) in [5, 5.41) is 3.66. The Morgan fingerprint density at radius 2 is 2.00 bits per heavy atom. The third kappa shape index (κ3) is 3.95. The fourth-order valence-corrected chi connectivity index (χ4v) is 2.00. The van der Waals surface area contributed by atoms with E-state index >= 15 is 0 Å². The van der Waals surface area contributed by atoms with E-state index in [0.29, 0.717) is 22.2 Å². The molecule has 2 aromatic rings. The van der Waals surface area contributed by atoms with Gasteiger partial charge in [-0.1, -0.05) is 29.3 Å². The molecule has 0 fully saturated rings. The fourth-order valence-electron chi connectivity index (χ4n) is 1.71. The van der Waals surface area contributed by atoms with Gasteiger partial charge in [-0.3, -0.25) is 9.78 Å². The Morgan fingerprint density at radius 1 is 1.20 bits per heavy atom. The smallest absolute Gasteiger partial charge is 0.251 e. The molecule has 0 bridgehead atoms. The van der Waals surface area contributed by atoms with Crippen LogP contribution in [-0.4, -0.2) is 17.4 Å². The van der Waals surface area contributed by atoms with Crippen LogP contribution in [0.15, 0.2) is 36.5 Å². The Bertz CT molecular complexity index is 612. The van der Waals surface area contributed by atoms with Gasteiger partial charge in [0, 0.05) is 24.0 Å². The molecule has 0 aliphatic heterocycles. The van der Waals surface area contributed by atoms with Crippen LogP contribution < -0.4 is 5.32 Å². The number of hydrogen-bond acceptors (Lipinski definition) is 2. The molecular weight excluding hydrogens is 295 g/mol. The van der Waals surface area contributed by atoms with Crippen molar-refractivity contribution in [3.63, 3.8) is 0 Å². The summed E-state index contributed by atoms with van der Waals surface area (Å²) in [6, 6.07) is 8.79. The van der Waals surface area contributed by atoms with Gasteiger partial charge in [0.15, 0.2) is 0 Å². The summed E-state index contributed by atoms with van der Waals surface area (Å²) in [4.78, 5) is 16.1. The summed E-state index contributed by atoms with van der Waals surface area (Å²) in [5.41, 5.74) is 2.57. The van der Waals surface area contributed by atoms with Crippen LogP contribution in [0.1, 0.15) is 21.6 Å². The number of benzene rings is 1. The number of rotatable bonds is 4. The van der Waals surface area contributed by atoms with E-state index in [0.717, 1.165) is 17.7 Å². The van der Waals surface area contributed by atoms with Crippen molar-refractivity contribution < 1.29 is 4.79 Å². The monoisotopic (exact) mass is 308 g/mol. The van der Waals surface area contributed by atoms with Gasteiger partial charge in [0.2, 0.25) is 0 Å². The van der Waals surface area contributed by atoms with Gasteiger partial charge in [-0.05, 0) is 43.2 Å². The lowest BCUT2D eigenvalue weighted by Gasteiger charge is -2.06. The minimum Gasteiger partial charge on any atom is -0.352 e. The van der Waals surface area contributed by atoms with Crippen LogP contribution in [0.5, 0.6) is 0 Å². The van der Waals surface area contributed by atoms with E-state index in [1.54, 1.807) is 18.2 Å². The molecule has 0 atom stereocenters. The molecule has 1 aromatic heterocycles. The molecule has 0 radical (unpaired) electrons. The molecule has 104 valence electrons. The van der Waals surface area contributed by atoms with Crippen molar-refractivity contribution in [2.24, 2.45) is 0 Å². The van der Waals surface area contributed by atoms with Crippen molar-refractivity contribution in [2.75, 3.05) is 6.54 Å². The predicted molar refractivity (Wildman–Crippen MR) is 81.5 cm³/mol. The van der Waals surface area contributed by atoms with Crippen LogP contribution in [0.25, 0.3) is 0 Å². The van der Waals surface area contributed by atoms with Gasteiger partial charge in [-0.25, -0.2) is 0 Å². The number of nitrogens with zero attached hydrogens (tertiary/aromatic N) is 1. The van der Waals surface area contributed by atoms with Crippen LogP contribution in [0.4, 0.5) is 0 Å². The van der Waals surface area contributed by atoms with Crippen molar-refractivity contribution in [3.8, 4) is 0 Å². The van der Waals surface area contributed by atoms with E-state index in [-0.39, 0.29) is 5.91 Å². The number of aromatic nitrogens is 1. The molecule has 1 amide bonds. The Morgan fingerprint density at radius 3 is 2.65 bits per heavy atom. The van der Waals surface area contributed by atoms with E-state index in [2.05, 4.69) is 10.3 Å². The van der Waals surface area contributed by atoms with E-state index in [1.807, 2.05) is 25.3 Å². The molecule has 0 aliphatic rings. The van der Waals surface area contributed by atoms with Crippen LogP contribution >= 0.6 is 23.2 Å². The molecule has 1 heterocycles. The zero-order chi connectivity index (χ0) is 14.5. The molecule has 0 unspecified atom stereocenters. The number of carbonyl (C=O) groups excluding carboxylic acids is 1. The third-order valence-electron chi connectivity index (χ3n) is 2.85. The summed E-state index contributed by atoms with van der Waals surface area (Å²) >= 11 is 11.7. The van der Waals surface area contributed by atoms with Gasteiger partial charge in [-0.15, -0.1) is 0 Å². The zero-order valence-electron chi connectivity index (χ0n) is 11.0. The minimum absolute atomic E-state index is 0.163. The summed E-state index contributed by atoms with van der Waals surface area (Å²) in [6.45, 7) is 2.49. The second kappa shape index (κ2) is 6.73. The van der Waals surface area contributed by atoms with E-state index in [4.69, 9.17) is 23.2 Å². The van der Waals surface area contributed by atoms with Crippen molar-refractivity contribution >= 4 is 29.1 Å². The fraction of sp³-hybridized carbons (Fsp3) is 0.200. The molecular formula is C15H14Cl2N2O. The van der Waals surface area contributed by atoms with Crippen LogP contribution in [-0.2, 0) is 6.42 Å². The maximum absolute atomic E-state index is 11.9. The second-order valence-electron chi connectivity index (χ2n) is 4.44. The standard InChI is InChI=1S/C15H14Cl2N2O/c1-10-2-3-11(9-19-10)6-7-18-15(20)12-4-5-13(16)14(17)8-12/h2-5,8-9H,6-7H2,1H3,(H,18,20). The Labute approximate surface area is 127 Å². The summed E-state index contributed by atoms with van der Waals surface area (Å²) in [6.07, 6.45) is 2.56.